The van der Waals surface area contributed by atoms with Gasteiger partial charge in [0.2, 0.25) is 0 Å². The van der Waals surface area contributed by atoms with Gasteiger partial charge in [0.25, 0.3) is 5.91 Å². The van der Waals surface area contributed by atoms with Crippen LogP contribution in [0.15, 0.2) is 59.3 Å². The van der Waals surface area contributed by atoms with Gasteiger partial charge in [-0.3, -0.25) is 14.8 Å². The van der Waals surface area contributed by atoms with Gasteiger partial charge in [-0.1, -0.05) is 22.0 Å². The zero-order valence-electron chi connectivity index (χ0n) is 10.4. The number of nitrogens with one attached hydrogen (secondary N) is 1. The van der Waals surface area contributed by atoms with Crippen LogP contribution in [0.25, 0.3) is 11.0 Å². The van der Waals surface area contributed by atoms with Gasteiger partial charge >= 0.3 is 0 Å². The third-order valence-electron chi connectivity index (χ3n) is 2.81. The molecule has 4 nitrogen and oxygen atoms in total. The Hall–Kier alpha value is -2.27. The number of halogens is 1. The fourth-order valence-electron chi connectivity index (χ4n) is 1.87. The summed E-state index contributed by atoms with van der Waals surface area (Å²) in [5.41, 5.74) is 2.84. The number of fused-ring (bicyclic) bond motifs is 1. The molecule has 1 aromatic heterocycles. The Bertz CT molecular complexity index is 789. The predicted octanol–water partition coefficient (Wildman–Crippen LogP) is 3.64. The Kier molecular flexibility index (Phi) is 3.43. The number of benzene rings is 2. The minimum atomic E-state index is -0.158. The second-order valence-electron chi connectivity index (χ2n) is 4.22. The molecule has 0 aliphatic heterocycles. The van der Waals surface area contributed by atoms with Gasteiger partial charge in [0.1, 0.15) is 0 Å². The van der Waals surface area contributed by atoms with Gasteiger partial charge in [0.05, 0.1) is 11.0 Å². The number of carbonyl (C=O) groups excluding carboxylic acids is 1. The highest BCUT2D eigenvalue weighted by Gasteiger charge is 2.07. The summed E-state index contributed by atoms with van der Waals surface area (Å²) in [5.74, 6) is -0.158. The Morgan fingerprint density at radius 2 is 1.80 bits per heavy atom. The number of anilines is 1. The van der Waals surface area contributed by atoms with Crippen molar-refractivity contribution in [2.24, 2.45) is 0 Å². The first kappa shape index (κ1) is 12.7. The second-order valence-corrected chi connectivity index (χ2v) is 5.14. The lowest BCUT2D eigenvalue weighted by Crippen LogP contribution is -2.11. The van der Waals surface area contributed by atoms with E-state index in [-0.39, 0.29) is 5.91 Å². The third kappa shape index (κ3) is 2.67. The zero-order chi connectivity index (χ0) is 13.9. The number of rotatable bonds is 2. The molecule has 20 heavy (non-hydrogen) atoms. The standard InChI is InChI=1S/C15H10BrN3O/c16-11-3-1-2-10(8-11)15(20)19-12-4-5-13-14(9-12)18-7-6-17-13/h1-9H,(H,19,20). The summed E-state index contributed by atoms with van der Waals surface area (Å²) >= 11 is 3.35. The van der Waals surface area contributed by atoms with Gasteiger partial charge in [-0.2, -0.15) is 0 Å². The van der Waals surface area contributed by atoms with Crippen molar-refractivity contribution in [3.8, 4) is 0 Å². The molecule has 98 valence electrons. The van der Waals surface area contributed by atoms with E-state index in [0.29, 0.717) is 11.3 Å². The summed E-state index contributed by atoms with van der Waals surface area (Å²) in [7, 11) is 0. The van der Waals surface area contributed by atoms with Gasteiger partial charge < -0.3 is 5.32 Å². The molecular weight excluding hydrogens is 318 g/mol. The number of nitrogens with zero attached hydrogens (tertiary/aromatic N) is 2. The average Bonchev–Trinajstić information content (AvgIpc) is 2.47. The van der Waals surface area contributed by atoms with Crippen LogP contribution in [0.5, 0.6) is 0 Å². The number of aromatic nitrogens is 2. The van der Waals surface area contributed by atoms with Crippen molar-refractivity contribution in [3.63, 3.8) is 0 Å². The largest absolute Gasteiger partial charge is 0.322 e. The normalized spacial score (nSPS) is 10.4. The first-order valence-corrected chi connectivity index (χ1v) is 6.79. The molecule has 0 saturated carbocycles. The fraction of sp³-hybridized carbons (Fsp3) is 0. The summed E-state index contributed by atoms with van der Waals surface area (Å²) in [6.45, 7) is 0. The van der Waals surface area contributed by atoms with Crippen LogP contribution in [-0.2, 0) is 0 Å². The van der Waals surface area contributed by atoms with E-state index in [2.05, 4.69) is 31.2 Å². The molecule has 0 fully saturated rings. The molecule has 0 aliphatic rings. The maximum atomic E-state index is 12.1. The highest BCUT2D eigenvalue weighted by atomic mass is 79.9. The van der Waals surface area contributed by atoms with Crippen molar-refractivity contribution >= 4 is 38.6 Å². The van der Waals surface area contributed by atoms with Crippen molar-refractivity contribution < 1.29 is 4.79 Å². The van der Waals surface area contributed by atoms with E-state index in [4.69, 9.17) is 0 Å². The molecule has 0 spiro atoms. The van der Waals surface area contributed by atoms with E-state index >= 15 is 0 Å². The van der Waals surface area contributed by atoms with E-state index in [1.165, 1.54) is 0 Å². The quantitative estimate of drug-likeness (QED) is 0.781. The highest BCUT2D eigenvalue weighted by Crippen LogP contribution is 2.17. The molecule has 1 N–H and O–H groups in total. The van der Waals surface area contributed by atoms with Crippen LogP contribution < -0.4 is 5.32 Å². The van der Waals surface area contributed by atoms with E-state index in [9.17, 15) is 4.79 Å². The molecule has 0 atom stereocenters. The van der Waals surface area contributed by atoms with Crippen LogP contribution in [0, 0.1) is 0 Å². The molecular formula is C15H10BrN3O. The molecule has 1 amide bonds. The lowest BCUT2D eigenvalue weighted by molar-refractivity contribution is 0.102. The van der Waals surface area contributed by atoms with Crippen molar-refractivity contribution in [2.75, 3.05) is 5.32 Å². The van der Waals surface area contributed by atoms with Gasteiger partial charge in [0, 0.05) is 28.1 Å². The molecule has 2 aromatic carbocycles. The smallest absolute Gasteiger partial charge is 0.255 e. The Balaban J connectivity index is 1.87. The molecule has 0 radical (unpaired) electrons. The summed E-state index contributed by atoms with van der Waals surface area (Å²) in [6.07, 6.45) is 3.27. The molecule has 0 saturated heterocycles. The number of carbonyl (C=O) groups is 1. The van der Waals surface area contributed by atoms with Crippen molar-refractivity contribution in [1.82, 2.24) is 9.97 Å². The molecule has 5 heteroatoms. The van der Waals surface area contributed by atoms with E-state index < -0.39 is 0 Å². The van der Waals surface area contributed by atoms with Crippen molar-refractivity contribution in [2.45, 2.75) is 0 Å². The van der Waals surface area contributed by atoms with Gasteiger partial charge in [-0.25, -0.2) is 0 Å². The lowest BCUT2D eigenvalue weighted by atomic mass is 10.2. The molecule has 0 aliphatic carbocycles. The fourth-order valence-corrected chi connectivity index (χ4v) is 2.27. The monoisotopic (exact) mass is 327 g/mol. The first-order valence-electron chi connectivity index (χ1n) is 6.00. The van der Waals surface area contributed by atoms with Crippen LogP contribution in [0.1, 0.15) is 10.4 Å². The SMILES string of the molecule is O=C(Nc1ccc2nccnc2c1)c1cccc(Br)c1. The minimum Gasteiger partial charge on any atom is -0.322 e. The maximum absolute atomic E-state index is 12.1. The van der Waals surface area contributed by atoms with Crippen LogP contribution in [0.4, 0.5) is 5.69 Å². The van der Waals surface area contributed by atoms with Crippen LogP contribution in [-0.4, -0.2) is 15.9 Å². The van der Waals surface area contributed by atoms with Gasteiger partial charge in [-0.05, 0) is 36.4 Å². The van der Waals surface area contributed by atoms with E-state index in [1.54, 1.807) is 30.6 Å². The zero-order valence-corrected chi connectivity index (χ0v) is 12.0. The number of hydrogen-bond donors (Lipinski definition) is 1. The summed E-state index contributed by atoms with van der Waals surface area (Å²) in [4.78, 5) is 20.5. The van der Waals surface area contributed by atoms with E-state index in [1.807, 2.05) is 24.3 Å². The number of hydrogen-bond acceptors (Lipinski definition) is 3. The maximum Gasteiger partial charge on any atom is 0.255 e. The molecule has 3 aromatic rings. The Labute approximate surface area is 124 Å². The highest BCUT2D eigenvalue weighted by molar-refractivity contribution is 9.10. The van der Waals surface area contributed by atoms with Crippen molar-refractivity contribution in [1.29, 1.82) is 0 Å². The predicted molar refractivity (Wildman–Crippen MR) is 81.6 cm³/mol. The van der Waals surface area contributed by atoms with E-state index in [0.717, 1.165) is 15.5 Å². The molecule has 0 unspecified atom stereocenters. The van der Waals surface area contributed by atoms with Gasteiger partial charge in [-0.15, -0.1) is 0 Å². The number of amides is 1. The lowest BCUT2D eigenvalue weighted by Gasteiger charge is -2.06. The Morgan fingerprint density at radius 3 is 2.60 bits per heavy atom. The van der Waals surface area contributed by atoms with Crippen LogP contribution >= 0.6 is 15.9 Å². The van der Waals surface area contributed by atoms with Crippen LogP contribution in [0.2, 0.25) is 0 Å². The van der Waals surface area contributed by atoms with Crippen LogP contribution in [0.3, 0.4) is 0 Å². The first-order chi connectivity index (χ1) is 9.72. The summed E-state index contributed by atoms with van der Waals surface area (Å²) in [5, 5.41) is 2.85. The minimum absolute atomic E-state index is 0.158. The average molecular weight is 328 g/mol. The summed E-state index contributed by atoms with van der Waals surface area (Å²) in [6, 6.07) is 12.7. The molecule has 3 rings (SSSR count). The summed E-state index contributed by atoms with van der Waals surface area (Å²) < 4.78 is 0.870. The Morgan fingerprint density at radius 1 is 1.00 bits per heavy atom. The third-order valence-corrected chi connectivity index (χ3v) is 3.31. The molecule has 1 heterocycles. The van der Waals surface area contributed by atoms with Crippen molar-refractivity contribution in [3.05, 3.63) is 64.9 Å². The van der Waals surface area contributed by atoms with Gasteiger partial charge in [0.15, 0.2) is 0 Å². The molecule has 0 bridgehead atoms. The second kappa shape index (κ2) is 5.38. The topological polar surface area (TPSA) is 54.9 Å².